The van der Waals surface area contributed by atoms with E-state index in [1.807, 2.05) is 26.0 Å². The van der Waals surface area contributed by atoms with Crippen LogP contribution in [0.15, 0.2) is 18.2 Å². The number of rotatable bonds is 7. The Kier molecular flexibility index (Phi) is 8.59. The number of hydrogen-bond donors (Lipinski definition) is 1. The highest BCUT2D eigenvalue weighted by atomic mass is 16.7. The summed E-state index contributed by atoms with van der Waals surface area (Å²) in [6.07, 6.45) is -4.48. The van der Waals surface area contributed by atoms with E-state index in [0.717, 1.165) is 11.1 Å². The van der Waals surface area contributed by atoms with Crippen LogP contribution in [0.1, 0.15) is 38.8 Å². The predicted octanol–water partition coefficient (Wildman–Crippen LogP) is 1.34. The molecular weight excluding hydrogens is 422 g/mol. The number of esters is 3. The molecule has 1 aromatic carbocycles. The summed E-state index contributed by atoms with van der Waals surface area (Å²) in [6.45, 7) is 8.36. The quantitative estimate of drug-likeness (QED) is 0.483. The molecule has 1 amide bonds. The van der Waals surface area contributed by atoms with Crippen molar-refractivity contribution >= 4 is 23.8 Å². The molecule has 32 heavy (non-hydrogen) atoms. The van der Waals surface area contributed by atoms with E-state index in [-0.39, 0.29) is 6.61 Å². The number of ether oxygens (including phenoxy) is 5. The smallest absolute Gasteiger partial charge is 0.303 e. The van der Waals surface area contributed by atoms with Crippen molar-refractivity contribution < 1.29 is 42.9 Å². The van der Waals surface area contributed by atoms with E-state index < -0.39 is 54.5 Å². The van der Waals surface area contributed by atoms with Crippen LogP contribution < -0.4 is 10.1 Å². The second-order valence-corrected chi connectivity index (χ2v) is 7.61. The SMILES string of the molecule is CC(=O)N[C@@H]1[C@H](Oc2ccc(C)cc2C)O[C@H](COC(C)=O)[C@@H](OC(C)=O)[C@H]1OC(C)=O. The first-order valence-electron chi connectivity index (χ1n) is 10.1. The Morgan fingerprint density at radius 3 is 2.09 bits per heavy atom. The summed E-state index contributed by atoms with van der Waals surface area (Å²) in [5.74, 6) is -1.87. The van der Waals surface area contributed by atoms with Gasteiger partial charge in [-0.1, -0.05) is 17.7 Å². The van der Waals surface area contributed by atoms with Crippen LogP contribution in [0.25, 0.3) is 0 Å². The van der Waals surface area contributed by atoms with E-state index in [9.17, 15) is 19.2 Å². The Bertz CT molecular complexity index is 869. The number of aryl methyl sites for hydroxylation is 2. The minimum absolute atomic E-state index is 0.287. The van der Waals surface area contributed by atoms with Gasteiger partial charge in [0.2, 0.25) is 12.2 Å². The lowest BCUT2D eigenvalue weighted by Gasteiger charge is -2.44. The van der Waals surface area contributed by atoms with E-state index >= 15 is 0 Å². The van der Waals surface area contributed by atoms with E-state index in [2.05, 4.69) is 5.32 Å². The summed E-state index contributed by atoms with van der Waals surface area (Å²) in [4.78, 5) is 46.9. The van der Waals surface area contributed by atoms with Gasteiger partial charge in [0.15, 0.2) is 12.2 Å². The fraction of sp³-hybridized carbons (Fsp3) is 0.545. The van der Waals surface area contributed by atoms with Gasteiger partial charge in [0.25, 0.3) is 0 Å². The molecule has 1 heterocycles. The monoisotopic (exact) mass is 451 g/mol. The highest BCUT2D eigenvalue weighted by Crippen LogP contribution is 2.30. The van der Waals surface area contributed by atoms with Crippen LogP contribution in [0.3, 0.4) is 0 Å². The van der Waals surface area contributed by atoms with Crippen molar-refractivity contribution in [3.05, 3.63) is 29.3 Å². The van der Waals surface area contributed by atoms with E-state index in [4.69, 9.17) is 23.7 Å². The van der Waals surface area contributed by atoms with Crippen molar-refractivity contribution in [2.75, 3.05) is 6.61 Å². The highest BCUT2D eigenvalue weighted by molar-refractivity contribution is 5.73. The summed E-state index contributed by atoms with van der Waals surface area (Å²) < 4.78 is 27.9. The molecule has 1 N–H and O–H groups in total. The maximum absolute atomic E-state index is 11.9. The molecule has 5 atom stereocenters. The van der Waals surface area contributed by atoms with Gasteiger partial charge in [-0.3, -0.25) is 19.2 Å². The zero-order valence-electron chi connectivity index (χ0n) is 19.0. The number of nitrogens with one attached hydrogen (secondary N) is 1. The largest absolute Gasteiger partial charge is 0.463 e. The van der Waals surface area contributed by atoms with Crippen molar-refractivity contribution in [3.63, 3.8) is 0 Å². The van der Waals surface area contributed by atoms with Gasteiger partial charge >= 0.3 is 17.9 Å². The van der Waals surface area contributed by atoms with Crippen LogP contribution in [-0.2, 0) is 38.1 Å². The van der Waals surface area contributed by atoms with Crippen LogP contribution in [0.5, 0.6) is 5.75 Å². The number of amides is 1. The summed E-state index contributed by atoms with van der Waals surface area (Å²) in [5.41, 5.74) is 1.84. The Balaban J connectivity index is 2.47. The first kappa shape index (κ1) is 25.1. The van der Waals surface area contributed by atoms with E-state index in [1.165, 1.54) is 27.7 Å². The fourth-order valence-corrected chi connectivity index (χ4v) is 3.45. The standard InChI is InChI=1S/C22H29NO9/c1-11-7-8-17(12(2)9-11)31-22-19(23-13(3)24)21(30-16(6)27)20(29-15(5)26)18(32-22)10-28-14(4)25/h7-9,18-22H,10H2,1-6H3,(H,23,24)/t18-,19+,20-,21+,22-/m1/s1. The summed E-state index contributed by atoms with van der Waals surface area (Å²) in [5, 5.41) is 2.66. The zero-order chi connectivity index (χ0) is 24.0. The topological polar surface area (TPSA) is 126 Å². The zero-order valence-corrected chi connectivity index (χ0v) is 19.0. The first-order valence-corrected chi connectivity index (χ1v) is 10.1. The molecule has 0 radical (unpaired) electrons. The van der Waals surface area contributed by atoms with Crippen molar-refractivity contribution in [2.24, 2.45) is 0 Å². The third kappa shape index (κ3) is 6.94. The van der Waals surface area contributed by atoms with E-state index in [1.54, 1.807) is 6.07 Å². The van der Waals surface area contributed by atoms with Gasteiger partial charge < -0.3 is 29.0 Å². The Hall–Kier alpha value is -3.14. The van der Waals surface area contributed by atoms with E-state index in [0.29, 0.717) is 5.75 Å². The lowest BCUT2D eigenvalue weighted by molar-refractivity contribution is -0.257. The number of benzene rings is 1. The normalized spacial score (nSPS) is 24.8. The van der Waals surface area contributed by atoms with Crippen molar-refractivity contribution in [1.29, 1.82) is 0 Å². The second kappa shape index (κ2) is 10.9. The first-order chi connectivity index (χ1) is 15.0. The molecule has 0 bridgehead atoms. The number of carbonyl (C=O) groups excluding carboxylic acids is 4. The minimum atomic E-state index is -1.16. The van der Waals surface area contributed by atoms with Gasteiger partial charge in [0.05, 0.1) is 0 Å². The molecule has 1 fully saturated rings. The summed E-state index contributed by atoms with van der Waals surface area (Å²) in [7, 11) is 0. The molecule has 0 aliphatic carbocycles. The maximum atomic E-state index is 11.9. The summed E-state index contributed by atoms with van der Waals surface area (Å²) >= 11 is 0. The molecule has 0 spiro atoms. The van der Waals surface area contributed by atoms with Gasteiger partial charge in [-0.15, -0.1) is 0 Å². The maximum Gasteiger partial charge on any atom is 0.303 e. The van der Waals surface area contributed by atoms with Crippen molar-refractivity contribution in [1.82, 2.24) is 5.32 Å². The molecule has 1 aromatic rings. The van der Waals surface area contributed by atoms with Gasteiger partial charge in [-0.25, -0.2) is 0 Å². The lowest BCUT2D eigenvalue weighted by Crippen LogP contribution is -2.67. The Labute approximate surface area is 186 Å². The third-order valence-electron chi connectivity index (χ3n) is 4.64. The van der Waals surface area contributed by atoms with Crippen LogP contribution in [0.4, 0.5) is 0 Å². The molecule has 1 aliphatic rings. The van der Waals surface area contributed by atoms with Crippen LogP contribution in [0, 0.1) is 13.8 Å². The highest BCUT2D eigenvalue weighted by Gasteiger charge is 2.52. The summed E-state index contributed by atoms with van der Waals surface area (Å²) in [6, 6.07) is 4.49. The van der Waals surface area contributed by atoms with Gasteiger partial charge in [-0.2, -0.15) is 0 Å². The van der Waals surface area contributed by atoms with Gasteiger partial charge in [0, 0.05) is 27.7 Å². The molecule has 0 aromatic heterocycles. The molecule has 2 rings (SSSR count). The lowest BCUT2D eigenvalue weighted by atomic mass is 9.96. The van der Waals surface area contributed by atoms with Gasteiger partial charge in [-0.05, 0) is 25.5 Å². The van der Waals surface area contributed by atoms with Crippen LogP contribution in [0.2, 0.25) is 0 Å². The third-order valence-corrected chi connectivity index (χ3v) is 4.64. The van der Waals surface area contributed by atoms with Crippen LogP contribution >= 0.6 is 0 Å². The van der Waals surface area contributed by atoms with Gasteiger partial charge in [0.1, 0.15) is 24.5 Å². The number of hydrogen-bond acceptors (Lipinski definition) is 9. The molecule has 10 heteroatoms. The molecular formula is C22H29NO9. The molecule has 1 saturated heterocycles. The average molecular weight is 451 g/mol. The van der Waals surface area contributed by atoms with Crippen molar-refractivity contribution in [2.45, 2.75) is 72.2 Å². The van der Waals surface area contributed by atoms with Crippen molar-refractivity contribution in [3.8, 4) is 5.75 Å². The fourth-order valence-electron chi connectivity index (χ4n) is 3.45. The molecule has 1 aliphatic heterocycles. The molecule has 10 nitrogen and oxygen atoms in total. The average Bonchev–Trinajstić information content (AvgIpc) is 2.65. The molecule has 176 valence electrons. The second-order valence-electron chi connectivity index (χ2n) is 7.61. The molecule has 0 saturated carbocycles. The van der Waals surface area contributed by atoms with Crippen LogP contribution in [-0.4, -0.2) is 61.1 Å². The Morgan fingerprint density at radius 2 is 1.56 bits per heavy atom. The molecule has 0 unspecified atom stereocenters. The number of carbonyl (C=O) groups is 4. The minimum Gasteiger partial charge on any atom is -0.463 e. The predicted molar refractivity (Wildman–Crippen MR) is 111 cm³/mol. The Morgan fingerprint density at radius 1 is 0.938 bits per heavy atom.